The number of nitrogens with zero attached hydrogens (tertiary/aromatic N) is 2. The van der Waals surface area contributed by atoms with Gasteiger partial charge in [-0.3, -0.25) is 0 Å². The Kier molecular flexibility index (Phi) is 5.48. The molecule has 5 heteroatoms. The van der Waals surface area contributed by atoms with Crippen LogP contribution in [0, 0.1) is 5.92 Å². The highest BCUT2D eigenvalue weighted by atomic mass is 16.5. The minimum Gasteiger partial charge on any atom is -0.385 e. The second-order valence-corrected chi connectivity index (χ2v) is 4.76. The number of hydrogen-bond acceptors (Lipinski definition) is 4. The summed E-state index contributed by atoms with van der Waals surface area (Å²) in [7, 11) is 1.73. The van der Waals surface area contributed by atoms with Gasteiger partial charge in [-0.25, -0.2) is 4.98 Å². The Morgan fingerprint density at radius 1 is 1.61 bits per heavy atom. The Balaban J connectivity index is 1.79. The monoisotopic (exact) mass is 253 g/mol. The summed E-state index contributed by atoms with van der Waals surface area (Å²) in [4.78, 5) is 4.35. The van der Waals surface area contributed by atoms with Gasteiger partial charge in [-0.05, 0) is 19.3 Å². The molecule has 1 unspecified atom stereocenters. The van der Waals surface area contributed by atoms with Crippen molar-refractivity contribution in [3.8, 4) is 0 Å². The van der Waals surface area contributed by atoms with Crippen LogP contribution in [0.1, 0.15) is 19.3 Å². The molecule has 1 N–H and O–H groups in total. The summed E-state index contributed by atoms with van der Waals surface area (Å²) in [6, 6.07) is 0. The highest BCUT2D eigenvalue weighted by molar-refractivity contribution is 5.25. The maximum atomic E-state index is 5.51. The second kappa shape index (κ2) is 7.38. The van der Waals surface area contributed by atoms with E-state index in [9.17, 15) is 0 Å². The number of ether oxygens (including phenoxy) is 2. The second-order valence-electron chi connectivity index (χ2n) is 4.76. The molecule has 1 aromatic rings. The molecular weight excluding hydrogens is 230 g/mol. The molecule has 102 valence electrons. The standard InChI is InChI=1S/C13H23N3O2/c1-17-8-3-5-14-13-15-6-7-16(13)10-12-4-2-9-18-11-12/h6-7,12H,2-5,8-11H2,1H3,(H,14,15). The fourth-order valence-electron chi connectivity index (χ4n) is 2.27. The molecule has 0 saturated carbocycles. The lowest BCUT2D eigenvalue weighted by Crippen LogP contribution is -2.22. The summed E-state index contributed by atoms with van der Waals surface area (Å²) in [6.45, 7) is 4.46. The lowest BCUT2D eigenvalue weighted by molar-refractivity contribution is 0.0486. The van der Waals surface area contributed by atoms with E-state index in [4.69, 9.17) is 9.47 Å². The van der Waals surface area contributed by atoms with Gasteiger partial charge in [-0.1, -0.05) is 0 Å². The predicted octanol–water partition coefficient (Wildman–Crippen LogP) is 1.76. The van der Waals surface area contributed by atoms with Crippen LogP contribution in [0.3, 0.4) is 0 Å². The fraction of sp³-hybridized carbons (Fsp3) is 0.769. The number of aromatic nitrogens is 2. The third-order valence-electron chi connectivity index (χ3n) is 3.23. The quantitative estimate of drug-likeness (QED) is 0.752. The van der Waals surface area contributed by atoms with E-state index in [1.165, 1.54) is 12.8 Å². The first kappa shape index (κ1) is 13.4. The molecule has 0 radical (unpaired) electrons. The molecule has 0 spiro atoms. The minimum atomic E-state index is 0.618. The molecule has 1 aliphatic rings. The molecule has 2 rings (SSSR count). The number of hydrogen-bond donors (Lipinski definition) is 1. The molecule has 1 saturated heterocycles. The first-order valence-corrected chi connectivity index (χ1v) is 6.72. The Hall–Kier alpha value is -1.07. The van der Waals surface area contributed by atoms with Gasteiger partial charge in [0.1, 0.15) is 0 Å². The van der Waals surface area contributed by atoms with E-state index in [-0.39, 0.29) is 0 Å². The summed E-state index contributed by atoms with van der Waals surface area (Å²) in [5.74, 6) is 1.57. The van der Waals surface area contributed by atoms with E-state index in [1.54, 1.807) is 7.11 Å². The average molecular weight is 253 g/mol. The number of imidazole rings is 1. The third-order valence-corrected chi connectivity index (χ3v) is 3.23. The van der Waals surface area contributed by atoms with Crippen LogP contribution >= 0.6 is 0 Å². The van der Waals surface area contributed by atoms with Crippen LogP contribution in [0.5, 0.6) is 0 Å². The van der Waals surface area contributed by atoms with E-state index in [0.717, 1.165) is 45.3 Å². The summed E-state index contributed by atoms with van der Waals surface area (Å²) in [5, 5.41) is 3.35. The van der Waals surface area contributed by atoms with Crippen molar-refractivity contribution in [2.45, 2.75) is 25.8 Å². The Labute approximate surface area is 108 Å². The first-order valence-electron chi connectivity index (χ1n) is 6.72. The van der Waals surface area contributed by atoms with Crippen LogP contribution in [-0.2, 0) is 16.0 Å². The number of rotatable bonds is 7. The van der Waals surface area contributed by atoms with E-state index < -0.39 is 0 Å². The predicted molar refractivity (Wildman–Crippen MR) is 70.8 cm³/mol. The van der Waals surface area contributed by atoms with Gasteiger partial charge in [0.2, 0.25) is 5.95 Å². The SMILES string of the molecule is COCCCNc1nccn1CC1CCCOC1. The Morgan fingerprint density at radius 2 is 2.56 bits per heavy atom. The number of nitrogens with one attached hydrogen (secondary N) is 1. The molecule has 2 heterocycles. The van der Waals surface area contributed by atoms with Gasteiger partial charge in [0.15, 0.2) is 0 Å². The zero-order valence-electron chi connectivity index (χ0n) is 11.1. The van der Waals surface area contributed by atoms with E-state index in [2.05, 4.69) is 14.9 Å². The molecular formula is C13H23N3O2. The van der Waals surface area contributed by atoms with Crippen LogP contribution in [0.15, 0.2) is 12.4 Å². The topological polar surface area (TPSA) is 48.3 Å². The highest BCUT2D eigenvalue weighted by Gasteiger charge is 2.15. The zero-order chi connectivity index (χ0) is 12.6. The number of methoxy groups -OCH3 is 1. The molecule has 0 aromatic carbocycles. The zero-order valence-corrected chi connectivity index (χ0v) is 11.1. The number of anilines is 1. The van der Waals surface area contributed by atoms with Crippen molar-refractivity contribution in [3.63, 3.8) is 0 Å². The Bertz CT molecular complexity index is 335. The van der Waals surface area contributed by atoms with E-state index >= 15 is 0 Å². The highest BCUT2D eigenvalue weighted by Crippen LogP contribution is 2.17. The average Bonchev–Trinajstić information content (AvgIpc) is 2.83. The molecule has 1 aliphatic heterocycles. The third kappa shape index (κ3) is 3.99. The van der Waals surface area contributed by atoms with Crippen LogP contribution in [0.4, 0.5) is 5.95 Å². The summed E-state index contributed by atoms with van der Waals surface area (Å²) >= 11 is 0. The maximum absolute atomic E-state index is 5.51. The van der Waals surface area contributed by atoms with Crippen molar-refractivity contribution >= 4 is 5.95 Å². The van der Waals surface area contributed by atoms with Gasteiger partial charge in [0.25, 0.3) is 0 Å². The first-order chi connectivity index (χ1) is 8.90. The molecule has 5 nitrogen and oxygen atoms in total. The molecule has 0 aliphatic carbocycles. The van der Waals surface area contributed by atoms with Crippen molar-refractivity contribution in [2.75, 3.05) is 38.8 Å². The van der Waals surface area contributed by atoms with Gasteiger partial charge >= 0.3 is 0 Å². The van der Waals surface area contributed by atoms with Crippen molar-refractivity contribution in [2.24, 2.45) is 5.92 Å². The Morgan fingerprint density at radius 3 is 3.33 bits per heavy atom. The van der Waals surface area contributed by atoms with Gasteiger partial charge in [-0.15, -0.1) is 0 Å². The van der Waals surface area contributed by atoms with Crippen LogP contribution in [0.25, 0.3) is 0 Å². The molecule has 18 heavy (non-hydrogen) atoms. The van der Waals surface area contributed by atoms with Crippen molar-refractivity contribution in [1.82, 2.24) is 9.55 Å². The molecule has 0 bridgehead atoms. The summed E-state index contributed by atoms with van der Waals surface area (Å²) in [5.41, 5.74) is 0. The van der Waals surface area contributed by atoms with Crippen LogP contribution in [0.2, 0.25) is 0 Å². The van der Waals surface area contributed by atoms with Crippen molar-refractivity contribution in [3.05, 3.63) is 12.4 Å². The van der Waals surface area contributed by atoms with Gasteiger partial charge in [0, 0.05) is 51.7 Å². The smallest absolute Gasteiger partial charge is 0.202 e. The van der Waals surface area contributed by atoms with Crippen molar-refractivity contribution in [1.29, 1.82) is 0 Å². The minimum absolute atomic E-state index is 0.618. The summed E-state index contributed by atoms with van der Waals surface area (Å²) < 4.78 is 12.7. The fourth-order valence-corrected chi connectivity index (χ4v) is 2.27. The maximum Gasteiger partial charge on any atom is 0.202 e. The lowest BCUT2D eigenvalue weighted by Gasteiger charge is -2.23. The van der Waals surface area contributed by atoms with Crippen LogP contribution in [-0.4, -0.2) is 43.0 Å². The van der Waals surface area contributed by atoms with Gasteiger partial charge in [0.05, 0.1) is 6.61 Å². The lowest BCUT2D eigenvalue weighted by atomic mass is 10.0. The van der Waals surface area contributed by atoms with Gasteiger partial charge in [-0.2, -0.15) is 0 Å². The molecule has 1 aromatic heterocycles. The van der Waals surface area contributed by atoms with E-state index in [0.29, 0.717) is 5.92 Å². The van der Waals surface area contributed by atoms with Crippen molar-refractivity contribution < 1.29 is 9.47 Å². The molecule has 1 fully saturated rings. The van der Waals surface area contributed by atoms with Gasteiger partial charge < -0.3 is 19.4 Å². The molecule has 1 atom stereocenters. The molecule has 0 amide bonds. The largest absolute Gasteiger partial charge is 0.385 e. The van der Waals surface area contributed by atoms with E-state index in [1.807, 2.05) is 12.4 Å². The van der Waals surface area contributed by atoms with Crippen LogP contribution < -0.4 is 5.32 Å². The summed E-state index contributed by atoms with van der Waals surface area (Å²) in [6.07, 6.45) is 7.31. The normalized spacial score (nSPS) is 19.9.